The van der Waals surface area contributed by atoms with Gasteiger partial charge in [0.2, 0.25) is 0 Å². The number of fused-ring (bicyclic) bond motifs is 1. The molecule has 0 bridgehead atoms. The normalized spacial score (nSPS) is 13.3. The van der Waals surface area contributed by atoms with E-state index in [1.54, 1.807) is 0 Å². The van der Waals surface area contributed by atoms with E-state index < -0.39 is 0 Å². The molecular formula is C12H12Cl2O. The summed E-state index contributed by atoms with van der Waals surface area (Å²) in [5, 5.41) is 1.89. The van der Waals surface area contributed by atoms with Crippen molar-refractivity contribution < 1.29 is 4.42 Å². The first kappa shape index (κ1) is 10.8. The SMILES string of the molecule is CC(Cl)CCc1cc2cccc(Cl)c2o1. The Bertz CT molecular complexity index is 460. The molecule has 3 heteroatoms. The molecule has 80 valence electrons. The summed E-state index contributed by atoms with van der Waals surface area (Å²) in [4.78, 5) is 0. The van der Waals surface area contributed by atoms with Gasteiger partial charge in [0, 0.05) is 17.2 Å². The maximum atomic E-state index is 6.01. The Morgan fingerprint density at radius 3 is 2.87 bits per heavy atom. The Morgan fingerprint density at radius 1 is 1.40 bits per heavy atom. The largest absolute Gasteiger partial charge is 0.460 e. The third-order valence-electron chi connectivity index (χ3n) is 2.34. The molecule has 0 spiro atoms. The van der Waals surface area contributed by atoms with Crippen LogP contribution in [0.25, 0.3) is 11.0 Å². The van der Waals surface area contributed by atoms with E-state index in [0.29, 0.717) is 5.02 Å². The van der Waals surface area contributed by atoms with Crippen LogP contribution in [0.2, 0.25) is 5.02 Å². The van der Waals surface area contributed by atoms with Crippen LogP contribution in [0.1, 0.15) is 19.1 Å². The van der Waals surface area contributed by atoms with Gasteiger partial charge in [0.1, 0.15) is 5.76 Å². The molecule has 0 radical (unpaired) electrons. The van der Waals surface area contributed by atoms with Crippen molar-refractivity contribution in [3.63, 3.8) is 0 Å². The van der Waals surface area contributed by atoms with Crippen LogP contribution in [0.5, 0.6) is 0 Å². The molecule has 1 nitrogen and oxygen atoms in total. The zero-order chi connectivity index (χ0) is 10.8. The van der Waals surface area contributed by atoms with Crippen LogP contribution < -0.4 is 0 Å². The van der Waals surface area contributed by atoms with E-state index in [4.69, 9.17) is 27.6 Å². The van der Waals surface area contributed by atoms with Gasteiger partial charge in [-0.05, 0) is 25.5 Å². The minimum atomic E-state index is 0.175. The summed E-state index contributed by atoms with van der Waals surface area (Å²) in [6, 6.07) is 7.79. The number of alkyl halides is 1. The molecule has 0 N–H and O–H groups in total. The fourth-order valence-corrected chi connectivity index (χ4v) is 1.87. The van der Waals surface area contributed by atoms with E-state index in [-0.39, 0.29) is 5.38 Å². The lowest BCUT2D eigenvalue weighted by Crippen LogP contribution is -1.92. The molecule has 1 aromatic carbocycles. The van der Waals surface area contributed by atoms with Crippen LogP contribution in [0.15, 0.2) is 28.7 Å². The number of benzene rings is 1. The average Bonchev–Trinajstić information content (AvgIpc) is 2.59. The number of halogens is 2. The highest BCUT2D eigenvalue weighted by Gasteiger charge is 2.07. The molecule has 0 aliphatic rings. The highest BCUT2D eigenvalue weighted by Crippen LogP contribution is 2.27. The van der Waals surface area contributed by atoms with Crippen LogP contribution in [0.3, 0.4) is 0 Å². The fourth-order valence-electron chi connectivity index (χ4n) is 1.55. The maximum absolute atomic E-state index is 6.01. The molecule has 0 aliphatic heterocycles. The van der Waals surface area contributed by atoms with E-state index in [0.717, 1.165) is 29.6 Å². The molecule has 1 aromatic heterocycles. The van der Waals surface area contributed by atoms with Crippen molar-refractivity contribution in [2.45, 2.75) is 25.1 Å². The van der Waals surface area contributed by atoms with Gasteiger partial charge < -0.3 is 4.42 Å². The van der Waals surface area contributed by atoms with Crippen molar-refractivity contribution in [2.24, 2.45) is 0 Å². The third-order valence-corrected chi connectivity index (χ3v) is 2.85. The van der Waals surface area contributed by atoms with Gasteiger partial charge in [-0.1, -0.05) is 23.7 Å². The van der Waals surface area contributed by atoms with E-state index in [2.05, 4.69) is 0 Å². The molecule has 0 saturated heterocycles. The van der Waals surface area contributed by atoms with Gasteiger partial charge >= 0.3 is 0 Å². The van der Waals surface area contributed by atoms with Crippen molar-refractivity contribution in [2.75, 3.05) is 0 Å². The van der Waals surface area contributed by atoms with Gasteiger partial charge in [-0.15, -0.1) is 11.6 Å². The lowest BCUT2D eigenvalue weighted by Gasteiger charge is -1.98. The predicted molar refractivity (Wildman–Crippen MR) is 64.9 cm³/mol. The summed E-state index contributed by atoms with van der Waals surface area (Å²) in [7, 11) is 0. The minimum absolute atomic E-state index is 0.175. The Kier molecular flexibility index (Phi) is 3.22. The highest BCUT2D eigenvalue weighted by molar-refractivity contribution is 6.34. The van der Waals surface area contributed by atoms with Crippen LogP contribution in [0, 0.1) is 0 Å². The minimum Gasteiger partial charge on any atom is -0.460 e. The summed E-state index contributed by atoms with van der Waals surface area (Å²) in [6.45, 7) is 1.98. The first-order chi connectivity index (χ1) is 7.16. The van der Waals surface area contributed by atoms with Crippen molar-refractivity contribution in [1.82, 2.24) is 0 Å². The van der Waals surface area contributed by atoms with Crippen molar-refractivity contribution in [3.05, 3.63) is 35.0 Å². The first-order valence-corrected chi connectivity index (χ1v) is 5.79. The van der Waals surface area contributed by atoms with E-state index in [1.807, 2.05) is 31.2 Å². The second kappa shape index (κ2) is 4.46. The van der Waals surface area contributed by atoms with Crippen molar-refractivity contribution in [3.8, 4) is 0 Å². The van der Waals surface area contributed by atoms with Crippen LogP contribution in [-0.2, 0) is 6.42 Å². The Balaban J connectivity index is 2.27. The number of para-hydroxylation sites is 1. The summed E-state index contributed by atoms with van der Waals surface area (Å²) in [6.07, 6.45) is 1.77. The second-order valence-corrected chi connectivity index (χ2v) is 4.84. The van der Waals surface area contributed by atoms with Gasteiger partial charge in [0.25, 0.3) is 0 Å². The quantitative estimate of drug-likeness (QED) is 0.715. The Hall–Kier alpha value is -0.660. The van der Waals surface area contributed by atoms with Crippen LogP contribution >= 0.6 is 23.2 Å². The third kappa shape index (κ3) is 2.47. The molecule has 0 aliphatic carbocycles. The van der Waals surface area contributed by atoms with Crippen molar-refractivity contribution in [1.29, 1.82) is 0 Å². The lowest BCUT2D eigenvalue weighted by atomic mass is 10.2. The number of hydrogen-bond acceptors (Lipinski definition) is 1. The van der Waals surface area contributed by atoms with E-state index in [1.165, 1.54) is 0 Å². The topological polar surface area (TPSA) is 13.1 Å². The van der Waals surface area contributed by atoms with Gasteiger partial charge in [-0.3, -0.25) is 0 Å². The van der Waals surface area contributed by atoms with Gasteiger partial charge in [0.15, 0.2) is 5.58 Å². The average molecular weight is 243 g/mol. The summed E-state index contributed by atoms with van der Waals surface area (Å²) in [5.41, 5.74) is 0.774. The Morgan fingerprint density at radius 2 is 2.20 bits per heavy atom. The monoisotopic (exact) mass is 242 g/mol. The zero-order valence-corrected chi connectivity index (χ0v) is 9.98. The summed E-state index contributed by atoms with van der Waals surface area (Å²) in [5.74, 6) is 0.950. The van der Waals surface area contributed by atoms with E-state index in [9.17, 15) is 0 Å². The second-order valence-electron chi connectivity index (χ2n) is 3.69. The molecular weight excluding hydrogens is 231 g/mol. The standard InChI is InChI=1S/C12H12Cl2O/c1-8(13)5-6-10-7-9-3-2-4-11(14)12(9)15-10/h2-4,7-8H,5-6H2,1H3. The molecule has 2 rings (SSSR count). The highest BCUT2D eigenvalue weighted by atomic mass is 35.5. The van der Waals surface area contributed by atoms with Gasteiger partial charge in [-0.25, -0.2) is 0 Å². The lowest BCUT2D eigenvalue weighted by molar-refractivity contribution is 0.537. The van der Waals surface area contributed by atoms with E-state index >= 15 is 0 Å². The number of hydrogen-bond donors (Lipinski definition) is 0. The molecule has 1 unspecified atom stereocenters. The molecule has 2 aromatic rings. The number of rotatable bonds is 3. The predicted octanol–water partition coefficient (Wildman–Crippen LogP) is 4.65. The molecule has 15 heavy (non-hydrogen) atoms. The fraction of sp³-hybridized carbons (Fsp3) is 0.333. The number of furan rings is 1. The van der Waals surface area contributed by atoms with Gasteiger partial charge in [0.05, 0.1) is 5.02 Å². The molecule has 1 heterocycles. The maximum Gasteiger partial charge on any atom is 0.152 e. The summed E-state index contributed by atoms with van der Waals surface area (Å²) < 4.78 is 5.66. The van der Waals surface area contributed by atoms with Crippen LogP contribution in [0.4, 0.5) is 0 Å². The van der Waals surface area contributed by atoms with Gasteiger partial charge in [-0.2, -0.15) is 0 Å². The molecule has 1 atom stereocenters. The molecule has 0 amide bonds. The Labute approximate surface area is 99.0 Å². The van der Waals surface area contributed by atoms with Crippen LogP contribution in [-0.4, -0.2) is 5.38 Å². The molecule has 0 saturated carbocycles. The number of aryl methyl sites for hydroxylation is 1. The summed E-state index contributed by atoms with van der Waals surface area (Å²) >= 11 is 11.9. The molecule has 0 fully saturated rings. The zero-order valence-electron chi connectivity index (χ0n) is 8.47. The smallest absolute Gasteiger partial charge is 0.152 e. The van der Waals surface area contributed by atoms with Crippen molar-refractivity contribution >= 4 is 34.2 Å². The first-order valence-electron chi connectivity index (χ1n) is 4.98.